The number of nitrogens with zero attached hydrogens (tertiary/aromatic N) is 1. The summed E-state index contributed by atoms with van der Waals surface area (Å²) in [5, 5.41) is 0. The van der Waals surface area contributed by atoms with E-state index in [1.807, 2.05) is 6.07 Å². The van der Waals surface area contributed by atoms with E-state index in [0.29, 0.717) is 13.1 Å². The predicted octanol–water partition coefficient (Wildman–Crippen LogP) is 1.00. The number of hydrogen-bond donors (Lipinski definition) is 2. The molecule has 1 fully saturated rings. The maximum atomic E-state index is 12.7. The Morgan fingerprint density at radius 1 is 1.39 bits per heavy atom. The van der Waals surface area contributed by atoms with Gasteiger partial charge in [-0.2, -0.15) is 0 Å². The maximum absolute atomic E-state index is 12.7. The van der Waals surface area contributed by atoms with Gasteiger partial charge in [-0.25, -0.2) is 13.1 Å². The molecule has 6 nitrogen and oxygen atoms in total. The van der Waals surface area contributed by atoms with Crippen molar-refractivity contribution in [2.45, 2.75) is 43.5 Å². The van der Waals surface area contributed by atoms with Gasteiger partial charge in [-0.3, -0.25) is 4.79 Å². The highest BCUT2D eigenvalue weighted by molar-refractivity contribution is 7.89. The van der Waals surface area contributed by atoms with Crippen LogP contribution in [0.2, 0.25) is 0 Å². The highest BCUT2D eigenvalue weighted by Crippen LogP contribution is 2.34. The van der Waals surface area contributed by atoms with E-state index in [-0.39, 0.29) is 22.8 Å². The molecule has 1 heterocycles. The first-order valence-electron chi connectivity index (χ1n) is 8.12. The first-order chi connectivity index (χ1) is 10.9. The molecular weight excluding hydrogens is 314 g/mol. The second-order valence-electron chi connectivity index (χ2n) is 6.30. The summed E-state index contributed by atoms with van der Waals surface area (Å²) >= 11 is 0. The zero-order chi connectivity index (χ0) is 16.6. The number of sulfonamides is 1. The molecule has 1 saturated carbocycles. The van der Waals surface area contributed by atoms with Crippen LogP contribution in [0.4, 0.5) is 5.69 Å². The van der Waals surface area contributed by atoms with Gasteiger partial charge < -0.3 is 10.6 Å². The van der Waals surface area contributed by atoms with E-state index in [1.165, 1.54) is 0 Å². The molecule has 2 unspecified atom stereocenters. The number of benzene rings is 1. The fraction of sp³-hybridized carbons (Fsp3) is 0.562. The van der Waals surface area contributed by atoms with Gasteiger partial charge in [0.15, 0.2) is 0 Å². The zero-order valence-electron chi connectivity index (χ0n) is 13.3. The van der Waals surface area contributed by atoms with E-state index in [1.54, 1.807) is 24.0 Å². The lowest BCUT2D eigenvalue weighted by molar-refractivity contribution is -0.122. The Hall–Kier alpha value is -1.44. The first kappa shape index (κ1) is 16.4. The van der Waals surface area contributed by atoms with Crippen LogP contribution in [0.25, 0.3) is 0 Å². The molecule has 0 saturated heterocycles. The number of anilines is 1. The molecule has 23 heavy (non-hydrogen) atoms. The monoisotopic (exact) mass is 337 g/mol. The van der Waals surface area contributed by atoms with Gasteiger partial charge in [0.05, 0.1) is 4.90 Å². The molecule has 1 aliphatic carbocycles. The van der Waals surface area contributed by atoms with Crippen molar-refractivity contribution < 1.29 is 13.2 Å². The maximum Gasteiger partial charge on any atom is 0.240 e. The number of rotatable bonds is 4. The summed E-state index contributed by atoms with van der Waals surface area (Å²) in [4.78, 5) is 14.7. The molecule has 1 aromatic carbocycles. The first-order valence-corrected chi connectivity index (χ1v) is 9.60. The molecule has 7 heteroatoms. The van der Waals surface area contributed by atoms with Crippen LogP contribution in [0.5, 0.6) is 0 Å². The second kappa shape index (κ2) is 6.22. The van der Waals surface area contributed by atoms with E-state index in [4.69, 9.17) is 5.73 Å². The Bertz CT molecular complexity index is 717. The molecule has 2 aliphatic rings. The quantitative estimate of drug-likeness (QED) is 0.857. The van der Waals surface area contributed by atoms with Gasteiger partial charge in [-0.15, -0.1) is 0 Å². The van der Waals surface area contributed by atoms with Gasteiger partial charge >= 0.3 is 0 Å². The van der Waals surface area contributed by atoms with E-state index < -0.39 is 10.0 Å². The second-order valence-corrected chi connectivity index (χ2v) is 8.07. The predicted molar refractivity (Wildman–Crippen MR) is 88.7 cm³/mol. The summed E-state index contributed by atoms with van der Waals surface area (Å²) in [5.41, 5.74) is 7.67. The number of carbonyl (C=O) groups is 1. The highest BCUT2D eigenvalue weighted by Gasteiger charge is 2.34. The van der Waals surface area contributed by atoms with Gasteiger partial charge in [0, 0.05) is 30.7 Å². The van der Waals surface area contributed by atoms with Crippen LogP contribution in [-0.4, -0.2) is 33.5 Å². The molecule has 1 aliphatic heterocycles. The largest absolute Gasteiger partial charge is 0.328 e. The molecule has 1 aromatic rings. The van der Waals surface area contributed by atoms with Crippen molar-refractivity contribution in [2.24, 2.45) is 11.7 Å². The summed E-state index contributed by atoms with van der Waals surface area (Å²) in [5.74, 6) is 0.0414. The number of carbonyl (C=O) groups excluding carboxylic acids is 1. The Morgan fingerprint density at radius 3 is 2.83 bits per heavy atom. The molecule has 3 rings (SSSR count). The van der Waals surface area contributed by atoms with E-state index >= 15 is 0 Å². The topological polar surface area (TPSA) is 92.5 Å². The standard InChI is InChI=1S/C16H23N3O3S/c1-2-18-23(21,22)14-6-4-11-7-8-19(15(11)10-14)16(20)12-3-5-13(17)9-12/h4,6,10,12-13,18H,2-3,5,7-9,17H2,1H3. The molecule has 1 amide bonds. The molecule has 0 bridgehead atoms. The minimum Gasteiger partial charge on any atom is -0.328 e. The number of amides is 1. The number of nitrogens with one attached hydrogen (secondary N) is 1. The van der Waals surface area contributed by atoms with Crippen LogP contribution in [0.15, 0.2) is 23.1 Å². The molecule has 0 spiro atoms. The van der Waals surface area contributed by atoms with Crippen LogP contribution in [0.1, 0.15) is 31.7 Å². The molecule has 0 radical (unpaired) electrons. The average molecular weight is 337 g/mol. The Balaban J connectivity index is 1.88. The van der Waals surface area contributed by atoms with Crippen molar-refractivity contribution in [3.8, 4) is 0 Å². The number of nitrogens with two attached hydrogens (primary N) is 1. The SMILES string of the molecule is CCNS(=O)(=O)c1ccc2c(c1)N(C(=O)C1CCC(N)C1)CC2. The van der Waals surface area contributed by atoms with Crippen LogP contribution in [0, 0.1) is 5.92 Å². The zero-order valence-corrected chi connectivity index (χ0v) is 14.1. The third kappa shape index (κ3) is 3.13. The van der Waals surface area contributed by atoms with Gasteiger partial charge in [0.2, 0.25) is 15.9 Å². The highest BCUT2D eigenvalue weighted by atomic mass is 32.2. The lowest BCUT2D eigenvalue weighted by Gasteiger charge is -2.21. The minimum atomic E-state index is -3.52. The van der Waals surface area contributed by atoms with E-state index in [9.17, 15) is 13.2 Å². The van der Waals surface area contributed by atoms with Gasteiger partial charge in [0.25, 0.3) is 0 Å². The molecule has 0 aromatic heterocycles. The number of fused-ring (bicyclic) bond motifs is 1. The summed E-state index contributed by atoms with van der Waals surface area (Å²) < 4.78 is 26.8. The molecule has 2 atom stereocenters. The van der Waals surface area contributed by atoms with Crippen molar-refractivity contribution in [2.75, 3.05) is 18.0 Å². The van der Waals surface area contributed by atoms with E-state index in [0.717, 1.165) is 36.9 Å². The third-order valence-electron chi connectivity index (χ3n) is 4.69. The Kier molecular flexibility index (Phi) is 4.44. The van der Waals surface area contributed by atoms with Gasteiger partial charge in [0.1, 0.15) is 0 Å². The number of hydrogen-bond acceptors (Lipinski definition) is 4. The fourth-order valence-electron chi connectivity index (χ4n) is 3.49. The minimum absolute atomic E-state index is 0.0371. The smallest absolute Gasteiger partial charge is 0.240 e. The van der Waals surface area contributed by atoms with Gasteiger partial charge in [-0.1, -0.05) is 13.0 Å². The van der Waals surface area contributed by atoms with Crippen LogP contribution in [-0.2, 0) is 21.2 Å². The van der Waals surface area contributed by atoms with E-state index in [2.05, 4.69) is 4.72 Å². The average Bonchev–Trinajstić information content (AvgIpc) is 3.12. The lowest BCUT2D eigenvalue weighted by Crippen LogP contribution is -2.34. The molecule has 126 valence electrons. The van der Waals surface area contributed by atoms with Gasteiger partial charge in [-0.05, 0) is 43.4 Å². The van der Waals surface area contributed by atoms with Crippen molar-refractivity contribution in [1.82, 2.24) is 4.72 Å². The molecule has 3 N–H and O–H groups in total. The Labute approximate surface area is 137 Å². The van der Waals surface area contributed by atoms with Crippen molar-refractivity contribution in [3.05, 3.63) is 23.8 Å². The summed E-state index contributed by atoms with van der Waals surface area (Å²) in [7, 11) is -3.52. The normalized spacial score (nSPS) is 24.0. The summed E-state index contributed by atoms with van der Waals surface area (Å²) in [6.45, 7) is 2.69. The fourth-order valence-corrected chi connectivity index (χ4v) is 4.55. The Morgan fingerprint density at radius 2 is 2.17 bits per heavy atom. The van der Waals surface area contributed by atoms with Crippen molar-refractivity contribution >= 4 is 21.6 Å². The summed E-state index contributed by atoms with van der Waals surface area (Å²) in [6, 6.07) is 5.14. The summed E-state index contributed by atoms with van der Waals surface area (Å²) in [6.07, 6.45) is 3.19. The van der Waals surface area contributed by atoms with Crippen LogP contribution >= 0.6 is 0 Å². The van der Waals surface area contributed by atoms with Crippen LogP contribution < -0.4 is 15.4 Å². The third-order valence-corrected chi connectivity index (χ3v) is 6.23. The van der Waals surface area contributed by atoms with Crippen LogP contribution in [0.3, 0.4) is 0 Å². The lowest BCUT2D eigenvalue weighted by atomic mass is 10.1. The van der Waals surface area contributed by atoms with Crippen molar-refractivity contribution in [3.63, 3.8) is 0 Å². The van der Waals surface area contributed by atoms with Crippen molar-refractivity contribution in [1.29, 1.82) is 0 Å². The molecular formula is C16H23N3O3S.